The van der Waals surface area contributed by atoms with Gasteiger partial charge in [0.15, 0.2) is 11.5 Å². The number of rotatable bonds is 8. The summed E-state index contributed by atoms with van der Waals surface area (Å²) in [5.41, 5.74) is 3.28. The Kier molecular flexibility index (Phi) is 7.02. The number of para-hydroxylation sites is 1. The Hall–Kier alpha value is -3.03. The molecule has 1 atom stereocenters. The normalized spacial score (nSPS) is 14.5. The smallest absolute Gasteiger partial charge is 0.247 e. The number of furan rings is 1. The highest BCUT2D eigenvalue weighted by molar-refractivity contribution is 7.99. The second-order valence-corrected chi connectivity index (χ2v) is 9.56. The van der Waals surface area contributed by atoms with Crippen LogP contribution in [0.5, 0.6) is 5.88 Å². The SMILES string of the molecule is CCCCCCSc1nnc2c(n1)OC(c1ccc(-c3cccc(Cl)c3)o1)Nc1ccccc1-2. The fourth-order valence-electron chi connectivity index (χ4n) is 3.82. The number of fused-ring (bicyclic) bond motifs is 3. The van der Waals surface area contributed by atoms with Gasteiger partial charge in [-0.25, -0.2) is 0 Å². The van der Waals surface area contributed by atoms with E-state index in [1.807, 2.05) is 60.7 Å². The van der Waals surface area contributed by atoms with Gasteiger partial charge in [0.25, 0.3) is 0 Å². The highest BCUT2D eigenvalue weighted by Gasteiger charge is 2.28. The van der Waals surface area contributed by atoms with Gasteiger partial charge in [0.05, 0.1) is 0 Å². The molecule has 34 heavy (non-hydrogen) atoms. The second-order valence-electron chi connectivity index (χ2n) is 8.06. The van der Waals surface area contributed by atoms with Gasteiger partial charge in [-0.3, -0.25) is 0 Å². The molecule has 5 rings (SSSR count). The van der Waals surface area contributed by atoms with Crippen molar-refractivity contribution in [3.8, 4) is 28.5 Å². The first kappa shape index (κ1) is 22.7. The molecule has 0 bridgehead atoms. The molecule has 0 amide bonds. The van der Waals surface area contributed by atoms with E-state index >= 15 is 0 Å². The van der Waals surface area contributed by atoms with Crippen LogP contribution in [0, 0.1) is 0 Å². The summed E-state index contributed by atoms with van der Waals surface area (Å²) in [6.07, 6.45) is 4.23. The second kappa shape index (κ2) is 10.5. The molecular weight excluding hydrogens is 468 g/mol. The van der Waals surface area contributed by atoms with Crippen molar-refractivity contribution < 1.29 is 9.15 Å². The monoisotopic (exact) mass is 492 g/mol. The first-order valence-corrected chi connectivity index (χ1v) is 12.8. The van der Waals surface area contributed by atoms with Crippen molar-refractivity contribution in [2.75, 3.05) is 11.1 Å². The molecule has 1 unspecified atom stereocenters. The summed E-state index contributed by atoms with van der Waals surface area (Å²) >= 11 is 7.77. The Morgan fingerprint density at radius 3 is 2.79 bits per heavy atom. The lowest BCUT2D eigenvalue weighted by atomic mass is 10.1. The van der Waals surface area contributed by atoms with E-state index in [9.17, 15) is 0 Å². The molecule has 1 N–H and O–H groups in total. The number of nitrogens with zero attached hydrogens (tertiary/aromatic N) is 3. The largest absolute Gasteiger partial charge is 0.455 e. The molecule has 0 spiro atoms. The lowest BCUT2D eigenvalue weighted by Crippen LogP contribution is -2.16. The van der Waals surface area contributed by atoms with E-state index in [1.54, 1.807) is 11.8 Å². The number of benzene rings is 2. The van der Waals surface area contributed by atoms with Crippen LogP contribution in [0.2, 0.25) is 5.02 Å². The van der Waals surface area contributed by atoms with Crippen LogP contribution in [0.25, 0.3) is 22.6 Å². The lowest BCUT2D eigenvalue weighted by Gasteiger charge is -2.16. The minimum Gasteiger partial charge on any atom is -0.455 e. The van der Waals surface area contributed by atoms with Crippen LogP contribution in [-0.2, 0) is 0 Å². The van der Waals surface area contributed by atoms with Crippen molar-refractivity contribution in [2.24, 2.45) is 0 Å². The number of thioether (sulfide) groups is 1. The van der Waals surface area contributed by atoms with Gasteiger partial charge < -0.3 is 14.5 Å². The first-order valence-electron chi connectivity index (χ1n) is 11.5. The van der Waals surface area contributed by atoms with Gasteiger partial charge in [0.1, 0.15) is 5.76 Å². The molecule has 1 aliphatic rings. The Bertz CT molecular complexity index is 1280. The van der Waals surface area contributed by atoms with Gasteiger partial charge >= 0.3 is 0 Å². The number of nitrogens with one attached hydrogen (secondary N) is 1. The summed E-state index contributed by atoms with van der Waals surface area (Å²) in [5.74, 6) is 2.74. The third-order valence-corrected chi connectivity index (χ3v) is 6.72. The number of hydrogen-bond donors (Lipinski definition) is 1. The number of unbranched alkanes of at least 4 members (excludes halogenated alkanes) is 3. The summed E-state index contributed by atoms with van der Waals surface area (Å²) in [5, 5.41) is 13.5. The molecule has 1 aliphatic heterocycles. The lowest BCUT2D eigenvalue weighted by molar-refractivity contribution is 0.196. The molecule has 8 heteroatoms. The summed E-state index contributed by atoms with van der Waals surface area (Å²) in [6.45, 7) is 2.21. The van der Waals surface area contributed by atoms with Gasteiger partial charge in [0, 0.05) is 27.6 Å². The van der Waals surface area contributed by atoms with Crippen LogP contribution in [-0.4, -0.2) is 20.9 Å². The molecule has 0 radical (unpaired) electrons. The topological polar surface area (TPSA) is 73.1 Å². The Morgan fingerprint density at radius 2 is 1.91 bits per heavy atom. The summed E-state index contributed by atoms with van der Waals surface area (Å²) < 4.78 is 12.5. The molecule has 6 nitrogen and oxygen atoms in total. The van der Waals surface area contributed by atoms with E-state index in [-0.39, 0.29) is 0 Å². The van der Waals surface area contributed by atoms with Crippen molar-refractivity contribution in [1.29, 1.82) is 0 Å². The van der Waals surface area contributed by atoms with Crippen LogP contribution < -0.4 is 10.1 Å². The van der Waals surface area contributed by atoms with Gasteiger partial charge in [-0.1, -0.05) is 79.9 Å². The van der Waals surface area contributed by atoms with Crippen molar-refractivity contribution in [2.45, 2.75) is 44.0 Å². The molecule has 174 valence electrons. The quantitative estimate of drug-likeness (QED) is 0.200. The zero-order chi connectivity index (χ0) is 23.3. The molecule has 0 saturated carbocycles. The van der Waals surface area contributed by atoms with Gasteiger partial charge in [-0.2, -0.15) is 4.98 Å². The van der Waals surface area contributed by atoms with E-state index in [1.165, 1.54) is 19.3 Å². The van der Waals surface area contributed by atoms with E-state index < -0.39 is 6.23 Å². The predicted molar refractivity (Wildman–Crippen MR) is 136 cm³/mol. The summed E-state index contributed by atoms with van der Waals surface area (Å²) in [7, 11) is 0. The Balaban J connectivity index is 1.43. The van der Waals surface area contributed by atoms with E-state index in [2.05, 4.69) is 22.4 Å². The van der Waals surface area contributed by atoms with Crippen molar-refractivity contribution in [3.63, 3.8) is 0 Å². The first-order chi connectivity index (χ1) is 16.7. The Morgan fingerprint density at radius 1 is 1.00 bits per heavy atom. The third-order valence-electron chi connectivity index (χ3n) is 5.56. The molecule has 0 fully saturated rings. The molecule has 0 aliphatic carbocycles. The molecule has 0 saturated heterocycles. The van der Waals surface area contributed by atoms with Gasteiger partial charge in [-0.05, 0) is 36.8 Å². The average Bonchev–Trinajstić information content (AvgIpc) is 3.28. The number of aromatic nitrogens is 3. The van der Waals surface area contributed by atoms with Crippen LogP contribution >= 0.6 is 23.4 Å². The highest BCUT2D eigenvalue weighted by Crippen LogP contribution is 2.40. The van der Waals surface area contributed by atoms with Crippen LogP contribution in [0.1, 0.15) is 44.6 Å². The van der Waals surface area contributed by atoms with E-state index in [4.69, 9.17) is 25.7 Å². The maximum absolute atomic E-state index is 6.33. The number of anilines is 1. The molecule has 4 aromatic rings. The molecule has 3 heterocycles. The van der Waals surface area contributed by atoms with E-state index in [0.29, 0.717) is 33.3 Å². The molecule has 2 aromatic carbocycles. The minimum absolute atomic E-state index is 0.439. The van der Waals surface area contributed by atoms with Gasteiger partial charge in [-0.15, -0.1) is 10.2 Å². The van der Waals surface area contributed by atoms with Crippen LogP contribution in [0.3, 0.4) is 0 Å². The minimum atomic E-state index is -0.575. The Labute approximate surface area is 208 Å². The third kappa shape index (κ3) is 5.05. The van der Waals surface area contributed by atoms with Crippen LogP contribution in [0.15, 0.2) is 70.2 Å². The fraction of sp³-hybridized carbons (Fsp3) is 0.269. The van der Waals surface area contributed by atoms with Crippen LogP contribution in [0.4, 0.5) is 5.69 Å². The highest BCUT2D eigenvalue weighted by atomic mass is 35.5. The van der Waals surface area contributed by atoms with Crippen molar-refractivity contribution >= 4 is 29.1 Å². The average molecular weight is 493 g/mol. The maximum Gasteiger partial charge on any atom is 0.247 e. The standard InChI is InChI=1S/C26H25ClN4O2S/c1-2-3-4-7-15-34-26-29-25-23(30-31-26)19-11-5-6-12-20(19)28-24(33-25)22-14-13-21(32-22)17-9-8-10-18(27)16-17/h5-6,8-14,16,24,28H,2-4,7,15H2,1H3. The number of hydrogen-bond acceptors (Lipinski definition) is 7. The number of halogens is 1. The summed E-state index contributed by atoms with van der Waals surface area (Å²) in [4.78, 5) is 4.71. The van der Waals surface area contributed by atoms with Crippen molar-refractivity contribution in [1.82, 2.24) is 15.2 Å². The predicted octanol–water partition coefficient (Wildman–Crippen LogP) is 7.63. The maximum atomic E-state index is 6.33. The molecular formula is C26H25ClN4O2S. The van der Waals surface area contributed by atoms with Crippen molar-refractivity contribution in [3.05, 3.63) is 71.4 Å². The zero-order valence-electron chi connectivity index (χ0n) is 18.8. The number of ether oxygens (including phenoxy) is 1. The van der Waals surface area contributed by atoms with E-state index in [0.717, 1.165) is 29.0 Å². The molecule has 2 aromatic heterocycles. The fourth-order valence-corrected chi connectivity index (χ4v) is 4.79. The zero-order valence-corrected chi connectivity index (χ0v) is 20.4. The van der Waals surface area contributed by atoms with Gasteiger partial charge in [0.2, 0.25) is 17.3 Å². The summed E-state index contributed by atoms with van der Waals surface area (Å²) in [6, 6.07) is 19.3.